The smallest absolute Gasteiger partial charge is 0.238 e. The van der Waals surface area contributed by atoms with Gasteiger partial charge >= 0.3 is 0 Å². The summed E-state index contributed by atoms with van der Waals surface area (Å²) >= 11 is 1.25. The zero-order valence-corrected chi connectivity index (χ0v) is 17.5. The van der Waals surface area contributed by atoms with Gasteiger partial charge in [-0.2, -0.15) is 0 Å². The normalized spacial score (nSPS) is 11.6. The highest BCUT2D eigenvalue weighted by Gasteiger charge is 2.15. The molecule has 2 aromatic carbocycles. The van der Waals surface area contributed by atoms with Crippen molar-refractivity contribution in [2.45, 2.75) is 30.4 Å². The number of fused-ring (bicyclic) bond motifs is 1. The molecular weight excluding hydrogens is 412 g/mol. The van der Waals surface area contributed by atoms with E-state index >= 15 is 0 Å². The lowest BCUT2D eigenvalue weighted by molar-refractivity contribution is -0.113. The van der Waals surface area contributed by atoms with E-state index in [1.165, 1.54) is 30.8 Å². The van der Waals surface area contributed by atoms with Crippen LogP contribution in [-0.2, 0) is 21.4 Å². The Morgan fingerprint density at radius 3 is 2.45 bits per heavy atom. The molecule has 1 amide bonds. The molecule has 0 saturated heterocycles. The van der Waals surface area contributed by atoms with E-state index in [0.29, 0.717) is 28.5 Å². The van der Waals surface area contributed by atoms with Crippen molar-refractivity contribution in [1.82, 2.24) is 9.55 Å². The third kappa shape index (κ3) is 4.84. The van der Waals surface area contributed by atoms with Gasteiger partial charge in [0, 0.05) is 17.8 Å². The molecular formula is C19H20N4O4S2. The first kappa shape index (κ1) is 21.0. The zero-order valence-electron chi connectivity index (χ0n) is 15.9. The fourth-order valence-electron chi connectivity index (χ4n) is 2.80. The summed E-state index contributed by atoms with van der Waals surface area (Å²) < 4.78 is 25.0. The molecule has 0 unspecified atom stereocenters. The molecule has 3 N–H and O–H groups in total. The molecule has 0 aliphatic rings. The van der Waals surface area contributed by atoms with Gasteiger partial charge < -0.3 is 9.88 Å². The summed E-state index contributed by atoms with van der Waals surface area (Å²) in [5.74, 6) is -0.132. The number of ketones is 1. The molecule has 0 spiro atoms. The number of sulfonamides is 1. The van der Waals surface area contributed by atoms with Crippen LogP contribution in [0.2, 0.25) is 0 Å². The SMILES string of the molecule is CCn1c(SCC(=O)Nc2ccc(C(C)=O)cc2)nc2cc(S(N)(=O)=O)ccc21. The van der Waals surface area contributed by atoms with Crippen LogP contribution in [0.15, 0.2) is 52.5 Å². The van der Waals surface area contributed by atoms with Gasteiger partial charge in [-0.15, -0.1) is 0 Å². The fraction of sp³-hybridized carbons (Fsp3) is 0.211. The molecule has 10 heteroatoms. The lowest BCUT2D eigenvalue weighted by atomic mass is 10.1. The minimum Gasteiger partial charge on any atom is -0.325 e. The Kier molecular flexibility index (Phi) is 6.06. The Morgan fingerprint density at radius 1 is 1.17 bits per heavy atom. The monoisotopic (exact) mass is 432 g/mol. The third-order valence-electron chi connectivity index (χ3n) is 4.24. The molecule has 0 saturated carbocycles. The highest BCUT2D eigenvalue weighted by molar-refractivity contribution is 7.99. The molecule has 152 valence electrons. The number of aryl methyl sites for hydroxylation is 1. The Morgan fingerprint density at radius 2 is 1.86 bits per heavy atom. The molecule has 0 aliphatic heterocycles. The van der Waals surface area contributed by atoms with Gasteiger partial charge in [0.15, 0.2) is 10.9 Å². The third-order valence-corrected chi connectivity index (χ3v) is 6.12. The summed E-state index contributed by atoms with van der Waals surface area (Å²) in [6.07, 6.45) is 0. The van der Waals surface area contributed by atoms with Gasteiger partial charge in [0.2, 0.25) is 15.9 Å². The predicted octanol–water partition coefficient (Wildman–Crippen LogP) is 2.64. The molecule has 8 nitrogen and oxygen atoms in total. The number of carbonyl (C=O) groups is 2. The van der Waals surface area contributed by atoms with E-state index in [2.05, 4.69) is 10.3 Å². The largest absolute Gasteiger partial charge is 0.325 e. The standard InChI is InChI=1S/C19H20N4O4S2/c1-3-23-17-9-8-15(29(20,26)27)10-16(17)22-19(23)28-11-18(25)21-14-6-4-13(5-7-14)12(2)24/h4-10H,3,11H2,1-2H3,(H,21,25)(H2,20,26,27). The molecule has 3 aromatic rings. The number of carbonyl (C=O) groups excluding carboxylic acids is 2. The topological polar surface area (TPSA) is 124 Å². The van der Waals surface area contributed by atoms with Crippen molar-refractivity contribution >= 4 is 50.2 Å². The summed E-state index contributed by atoms with van der Waals surface area (Å²) in [6, 6.07) is 11.2. The van der Waals surface area contributed by atoms with Gasteiger partial charge in [-0.3, -0.25) is 9.59 Å². The van der Waals surface area contributed by atoms with Crippen molar-refractivity contribution in [3.8, 4) is 0 Å². The average Bonchev–Trinajstić information content (AvgIpc) is 3.02. The van der Waals surface area contributed by atoms with Crippen LogP contribution in [0.4, 0.5) is 5.69 Å². The number of anilines is 1. The number of Topliss-reactive ketones (excluding diaryl/α,β-unsaturated/α-hetero) is 1. The predicted molar refractivity (Wildman–Crippen MR) is 113 cm³/mol. The maximum Gasteiger partial charge on any atom is 0.238 e. The van der Waals surface area contributed by atoms with Gasteiger partial charge in [-0.25, -0.2) is 18.5 Å². The van der Waals surface area contributed by atoms with E-state index < -0.39 is 10.0 Å². The number of imidazole rings is 1. The van der Waals surface area contributed by atoms with Gasteiger partial charge in [0.05, 0.1) is 21.7 Å². The average molecular weight is 433 g/mol. The summed E-state index contributed by atoms with van der Waals surface area (Å²) in [4.78, 5) is 28.0. The fourth-order valence-corrected chi connectivity index (χ4v) is 4.21. The van der Waals surface area contributed by atoms with Crippen LogP contribution in [0.3, 0.4) is 0 Å². The summed E-state index contributed by atoms with van der Waals surface area (Å²) in [6.45, 7) is 4.03. The number of primary sulfonamides is 1. The van der Waals surface area contributed by atoms with E-state index in [9.17, 15) is 18.0 Å². The number of nitrogens with one attached hydrogen (secondary N) is 1. The van der Waals surface area contributed by atoms with Crippen LogP contribution >= 0.6 is 11.8 Å². The van der Waals surface area contributed by atoms with Crippen molar-refractivity contribution < 1.29 is 18.0 Å². The van der Waals surface area contributed by atoms with Gasteiger partial charge in [-0.1, -0.05) is 11.8 Å². The van der Waals surface area contributed by atoms with Gasteiger partial charge in [0.1, 0.15) is 0 Å². The number of nitrogens with zero attached hydrogens (tertiary/aromatic N) is 2. The molecule has 3 rings (SSSR count). The molecule has 1 heterocycles. The maximum atomic E-state index is 12.3. The second-order valence-corrected chi connectivity index (χ2v) is 8.81. The molecule has 0 radical (unpaired) electrons. The van der Waals surface area contributed by atoms with E-state index in [1.807, 2.05) is 11.5 Å². The molecule has 0 atom stereocenters. The van der Waals surface area contributed by atoms with Crippen LogP contribution in [0.5, 0.6) is 0 Å². The van der Waals surface area contributed by atoms with Crippen LogP contribution < -0.4 is 10.5 Å². The molecule has 0 fully saturated rings. The lowest BCUT2D eigenvalue weighted by Gasteiger charge is -2.07. The van der Waals surface area contributed by atoms with Crippen LogP contribution in [0, 0.1) is 0 Å². The number of amides is 1. The second-order valence-electron chi connectivity index (χ2n) is 6.30. The quantitative estimate of drug-likeness (QED) is 0.437. The van der Waals surface area contributed by atoms with E-state index in [-0.39, 0.29) is 22.3 Å². The Labute approximate surface area is 172 Å². The minimum atomic E-state index is -3.81. The number of hydrogen-bond acceptors (Lipinski definition) is 6. The van der Waals surface area contributed by atoms with Crippen molar-refractivity contribution in [2.24, 2.45) is 5.14 Å². The first-order valence-electron chi connectivity index (χ1n) is 8.75. The van der Waals surface area contributed by atoms with Gasteiger partial charge in [-0.05, 0) is 56.3 Å². The number of aromatic nitrogens is 2. The summed E-state index contributed by atoms with van der Waals surface area (Å²) in [5.41, 5.74) is 2.44. The second kappa shape index (κ2) is 8.36. The van der Waals surface area contributed by atoms with E-state index in [0.717, 1.165) is 5.52 Å². The number of rotatable bonds is 7. The Hall–Kier alpha value is -2.69. The molecule has 1 aromatic heterocycles. The number of thioether (sulfide) groups is 1. The van der Waals surface area contributed by atoms with Crippen molar-refractivity contribution in [3.63, 3.8) is 0 Å². The van der Waals surface area contributed by atoms with Crippen LogP contribution in [0.25, 0.3) is 11.0 Å². The summed E-state index contributed by atoms with van der Waals surface area (Å²) in [7, 11) is -3.81. The number of benzene rings is 2. The molecule has 29 heavy (non-hydrogen) atoms. The van der Waals surface area contributed by atoms with Gasteiger partial charge in [0.25, 0.3) is 0 Å². The minimum absolute atomic E-state index is 0.00551. The highest BCUT2D eigenvalue weighted by atomic mass is 32.2. The lowest BCUT2D eigenvalue weighted by Crippen LogP contribution is -2.14. The Bertz CT molecular complexity index is 1180. The van der Waals surface area contributed by atoms with Crippen LogP contribution in [-0.4, -0.2) is 35.4 Å². The number of hydrogen-bond donors (Lipinski definition) is 2. The highest BCUT2D eigenvalue weighted by Crippen LogP contribution is 2.26. The maximum absolute atomic E-state index is 12.3. The van der Waals surface area contributed by atoms with Crippen LogP contribution in [0.1, 0.15) is 24.2 Å². The Balaban J connectivity index is 1.73. The molecule has 0 bridgehead atoms. The van der Waals surface area contributed by atoms with E-state index in [1.54, 1.807) is 30.3 Å². The summed E-state index contributed by atoms with van der Waals surface area (Å²) in [5, 5.41) is 8.57. The van der Waals surface area contributed by atoms with E-state index in [4.69, 9.17) is 5.14 Å². The zero-order chi connectivity index (χ0) is 21.2. The van der Waals surface area contributed by atoms with Crippen molar-refractivity contribution in [2.75, 3.05) is 11.1 Å². The van der Waals surface area contributed by atoms with Crippen molar-refractivity contribution in [3.05, 3.63) is 48.0 Å². The van der Waals surface area contributed by atoms with Crippen molar-refractivity contribution in [1.29, 1.82) is 0 Å². The number of nitrogens with two attached hydrogens (primary N) is 1. The first-order chi connectivity index (χ1) is 13.7. The molecule has 0 aliphatic carbocycles. The first-order valence-corrected chi connectivity index (χ1v) is 11.3.